The zero-order valence-corrected chi connectivity index (χ0v) is 11.0. The van der Waals surface area contributed by atoms with Crippen LogP contribution < -0.4 is 4.90 Å². The Morgan fingerprint density at radius 3 is 3.06 bits per heavy atom. The molecular weight excluding hydrogens is 226 g/mol. The van der Waals surface area contributed by atoms with Gasteiger partial charge in [-0.15, -0.1) is 0 Å². The van der Waals surface area contributed by atoms with E-state index in [0.717, 1.165) is 23.4 Å². The maximum absolute atomic E-state index is 4.50. The lowest BCUT2D eigenvalue weighted by molar-refractivity contribution is 0.448. The van der Waals surface area contributed by atoms with Gasteiger partial charge in [0.15, 0.2) is 5.65 Å². The second kappa shape index (κ2) is 4.55. The first-order valence-electron chi connectivity index (χ1n) is 6.70. The van der Waals surface area contributed by atoms with E-state index < -0.39 is 0 Å². The normalized spacial score (nSPS) is 20.6. The summed E-state index contributed by atoms with van der Waals surface area (Å²) in [6, 6.07) is 0.608. The van der Waals surface area contributed by atoms with Crippen LogP contribution in [0.4, 0.5) is 5.82 Å². The molecule has 0 amide bonds. The second-order valence-electron chi connectivity index (χ2n) is 4.95. The number of hydrogen-bond donors (Lipinski definition) is 0. The molecule has 18 heavy (non-hydrogen) atoms. The molecule has 1 aliphatic heterocycles. The third-order valence-electron chi connectivity index (χ3n) is 3.88. The fourth-order valence-electron chi connectivity index (χ4n) is 2.88. The van der Waals surface area contributed by atoms with E-state index in [4.69, 9.17) is 0 Å². The zero-order valence-electron chi connectivity index (χ0n) is 11.0. The average molecular weight is 245 g/mol. The van der Waals surface area contributed by atoms with E-state index in [0.29, 0.717) is 6.04 Å². The molecule has 0 aromatic carbocycles. The molecule has 1 fully saturated rings. The monoisotopic (exact) mass is 245 g/mol. The molecule has 1 aliphatic rings. The van der Waals surface area contributed by atoms with Crippen LogP contribution in [0.1, 0.15) is 32.6 Å². The largest absolute Gasteiger partial charge is 0.353 e. The molecule has 5 nitrogen and oxygen atoms in total. The van der Waals surface area contributed by atoms with E-state index in [1.807, 2.05) is 17.9 Å². The Kier molecular flexibility index (Phi) is 2.89. The fourth-order valence-corrected chi connectivity index (χ4v) is 2.88. The van der Waals surface area contributed by atoms with Crippen LogP contribution in [0, 0.1) is 0 Å². The molecule has 2 aromatic rings. The number of fused-ring (bicyclic) bond motifs is 1. The van der Waals surface area contributed by atoms with Gasteiger partial charge in [0.1, 0.15) is 12.1 Å². The van der Waals surface area contributed by atoms with Crippen molar-refractivity contribution in [2.45, 2.75) is 38.6 Å². The van der Waals surface area contributed by atoms with E-state index >= 15 is 0 Å². The molecule has 1 atom stereocenters. The van der Waals surface area contributed by atoms with E-state index in [2.05, 4.69) is 26.9 Å². The van der Waals surface area contributed by atoms with Gasteiger partial charge in [-0.05, 0) is 25.7 Å². The SMILES string of the molecule is CC[C@H]1CCCCN1c1ncnc2c1cnn2C. The van der Waals surface area contributed by atoms with Gasteiger partial charge in [0.2, 0.25) is 0 Å². The quantitative estimate of drug-likeness (QED) is 0.813. The van der Waals surface area contributed by atoms with E-state index in [-0.39, 0.29) is 0 Å². The van der Waals surface area contributed by atoms with Gasteiger partial charge in [-0.2, -0.15) is 5.10 Å². The van der Waals surface area contributed by atoms with E-state index in [1.54, 1.807) is 6.33 Å². The van der Waals surface area contributed by atoms with Crippen molar-refractivity contribution in [3.05, 3.63) is 12.5 Å². The molecule has 3 heterocycles. The van der Waals surface area contributed by atoms with Crippen LogP contribution in [0.15, 0.2) is 12.5 Å². The van der Waals surface area contributed by atoms with Crippen LogP contribution in [-0.2, 0) is 7.05 Å². The standard InChI is InChI=1S/C13H19N5/c1-3-10-6-4-5-7-18(10)13-11-8-16-17(2)12(11)14-9-15-13/h8-10H,3-7H2,1-2H3/t10-/m0/s1. The first kappa shape index (κ1) is 11.4. The maximum Gasteiger partial charge on any atom is 0.163 e. The Balaban J connectivity index is 2.07. The lowest BCUT2D eigenvalue weighted by Gasteiger charge is -2.36. The Hall–Kier alpha value is -1.65. The Labute approximate surface area is 107 Å². The summed E-state index contributed by atoms with van der Waals surface area (Å²) in [5.74, 6) is 1.06. The number of rotatable bonds is 2. The summed E-state index contributed by atoms with van der Waals surface area (Å²) in [4.78, 5) is 11.3. The Bertz CT molecular complexity index is 547. The van der Waals surface area contributed by atoms with Crippen LogP contribution in [0.5, 0.6) is 0 Å². The fraction of sp³-hybridized carbons (Fsp3) is 0.615. The number of anilines is 1. The zero-order chi connectivity index (χ0) is 12.5. The van der Waals surface area contributed by atoms with Gasteiger partial charge >= 0.3 is 0 Å². The minimum absolute atomic E-state index is 0.608. The number of nitrogens with zero attached hydrogens (tertiary/aromatic N) is 5. The molecule has 0 spiro atoms. The highest BCUT2D eigenvalue weighted by Crippen LogP contribution is 2.29. The smallest absolute Gasteiger partial charge is 0.163 e. The van der Waals surface area contributed by atoms with Crippen molar-refractivity contribution in [2.75, 3.05) is 11.4 Å². The summed E-state index contributed by atoms with van der Waals surface area (Å²) >= 11 is 0. The van der Waals surface area contributed by atoms with Gasteiger partial charge in [-0.25, -0.2) is 9.97 Å². The molecule has 3 rings (SSSR count). The average Bonchev–Trinajstić information content (AvgIpc) is 2.81. The van der Waals surface area contributed by atoms with Crippen molar-refractivity contribution in [3.63, 3.8) is 0 Å². The van der Waals surface area contributed by atoms with Crippen LogP contribution in [-0.4, -0.2) is 32.3 Å². The number of aromatic nitrogens is 4. The number of hydrogen-bond acceptors (Lipinski definition) is 4. The highest BCUT2D eigenvalue weighted by atomic mass is 15.3. The van der Waals surface area contributed by atoms with Gasteiger partial charge in [0.05, 0.1) is 11.6 Å². The molecule has 2 aromatic heterocycles. The predicted octanol–water partition coefficient (Wildman–Crippen LogP) is 2.13. The first-order valence-corrected chi connectivity index (χ1v) is 6.70. The highest BCUT2D eigenvalue weighted by Gasteiger charge is 2.24. The number of aryl methyl sites for hydroxylation is 1. The predicted molar refractivity (Wildman–Crippen MR) is 71.6 cm³/mol. The van der Waals surface area contributed by atoms with Gasteiger partial charge in [-0.1, -0.05) is 6.92 Å². The molecule has 0 radical (unpaired) electrons. The molecular formula is C13H19N5. The summed E-state index contributed by atoms with van der Waals surface area (Å²) in [7, 11) is 1.92. The maximum atomic E-state index is 4.50. The van der Waals surface area contributed by atoms with Gasteiger partial charge in [0, 0.05) is 19.6 Å². The van der Waals surface area contributed by atoms with Crippen LogP contribution in [0.25, 0.3) is 11.0 Å². The molecule has 0 N–H and O–H groups in total. The molecule has 0 bridgehead atoms. The van der Waals surface area contributed by atoms with E-state index in [1.165, 1.54) is 25.7 Å². The van der Waals surface area contributed by atoms with Crippen molar-refractivity contribution < 1.29 is 0 Å². The van der Waals surface area contributed by atoms with Gasteiger partial charge in [0.25, 0.3) is 0 Å². The molecule has 96 valence electrons. The van der Waals surface area contributed by atoms with Gasteiger partial charge in [-0.3, -0.25) is 4.68 Å². The summed E-state index contributed by atoms with van der Waals surface area (Å²) in [5, 5.41) is 5.36. The first-order chi connectivity index (χ1) is 8.81. The molecule has 0 aliphatic carbocycles. The Morgan fingerprint density at radius 1 is 1.33 bits per heavy atom. The molecule has 0 saturated carbocycles. The summed E-state index contributed by atoms with van der Waals surface area (Å²) in [6.45, 7) is 3.35. The van der Waals surface area contributed by atoms with Crippen molar-refractivity contribution in [1.82, 2.24) is 19.7 Å². The van der Waals surface area contributed by atoms with Crippen LogP contribution in [0.3, 0.4) is 0 Å². The molecule has 5 heteroatoms. The van der Waals surface area contributed by atoms with Crippen LogP contribution >= 0.6 is 0 Å². The lowest BCUT2D eigenvalue weighted by Crippen LogP contribution is -2.39. The van der Waals surface area contributed by atoms with Crippen molar-refractivity contribution in [3.8, 4) is 0 Å². The van der Waals surface area contributed by atoms with Crippen molar-refractivity contribution >= 4 is 16.9 Å². The summed E-state index contributed by atoms with van der Waals surface area (Å²) < 4.78 is 1.81. The lowest BCUT2D eigenvalue weighted by atomic mass is 10.00. The minimum Gasteiger partial charge on any atom is -0.353 e. The molecule has 0 unspecified atom stereocenters. The van der Waals surface area contributed by atoms with Crippen molar-refractivity contribution in [2.24, 2.45) is 7.05 Å². The second-order valence-corrected chi connectivity index (χ2v) is 4.95. The van der Waals surface area contributed by atoms with Crippen molar-refractivity contribution in [1.29, 1.82) is 0 Å². The Morgan fingerprint density at radius 2 is 2.22 bits per heavy atom. The van der Waals surface area contributed by atoms with E-state index in [9.17, 15) is 0 Å². The molecule has 1 saturated heterocycles. The minimum atomic E-state index is 0.608. The third-order valence-corrected chi connectivity index (χ3v) is 3.88. The highest BCUT2D eigenvalue weighted by molar-refractivity contribution is 5.86. The summed E-state index contributed by atoms with van der Waals surface area (Å²) in [6.07, 6.45) is 8.55. The third kappa shape index (κ3) is 1.74. The summed E-state index contributed by atoms with van der Waals surface area (Å²) in [5.41, 5.74) is 0.917. The topological polar surface area (TPSA) is 46.8 Å². The van der Waals surface area contributed by atoms with Gasteiger partial charge < -0.3 is 4.90 Å². The van der Waals surface area contributed by atoms with Crippen LogP contribution in [0.2, 0.25) is 0 Å². The number of piperidine rings is 1.